The number of rotatable bonds is 5. The molecule has 0 aliphatic heterocycles. The second kappa shape index (κ2) is 5.46. The van der Waals surface area contributed by atoms with Gasteiger partial charge in [-0.25, -0.2) is 0 Å². The summed E-state index contributed by atoms with van der Waals surface area (Å²) < 4.78 is 1.89. The van der Waals surface area contributed by atoms with E-state index in [4.69, 9.17) is 0 Å². The number of halogens is 1. The fraction of sp³-hybridized carbons (Fsp3) is 0.778. The first-order valence-electron chi connectivity index (χ1n) is 4.82. The predicted molar refractivity (Wildman–Crippen MR) is 60.5 cm³/mol. The third-order valence-electron chi connectivity index (χ3n) is 2.01. The van der Waals surface area contributed by atoms with Crippen molar-refractivity contribution in [3.63, 3.8) is 0 Å². The monoisotopic (exact) mass is 260 g/mol. The molecule has 0 aliphatic carbocycles. The molecule has 1 heterocycles. The molecule has 1 aromatic heterocycles. The molecular formula is C9H17BrN4. The molecule has 1 atom stereocenters. The van der Waals surface area contributed by atoms with Crippen molar-refractivity contribution in [2.45, 2.75) is 24.7 Å². The standard InChI is InChI=1S/C9H17BrN4/c1-4-8(10)9-7-14(12-11-9)6-5-13(2)3/h7-8H,4-6H2,1-3H3. The minimum atomic E-state index is 0.329. The lowest BCUT2D eigenvalue weighted by Crippen LogP contribution is -2.18. The van der Waals surface area contributed by atoms with E-state index < -0.39 is 0 Å². The molecule has 1 aromatic rings. The van der Waals surface area contributed by atoms with E-state index in [9.17, 15) is 0 Å². The smallest absolute Gasteiger partial charge is 0.0963 e. The van der Waals surface area contributed by atoms with Crippen molar-refractivity contribution in [3.8, 4) is 0 Å². The van der Waals surface area contributed by atoms with Crippen LogP contribution >= 0.6 is 15.9 Å². The molecule has 1 rings (SSSR count). The van der Waals surface area contributed by atoms with Gasteiger partial charge in [0.05, 0.1) is 17.1 Å². The van der Waals surface area contributed by atoms with Crippen LogP contribution in [0.2, 0.25) is 0 Å². The highest BCUT2D eigenvalue weighted by molar-refractivity contribution is 9.09. The number of aromatic nitrogens is 3. The molecule has 14 heavy (non-hydrogen) atoms. The maximum absolute atomic E-state index is 4.11. The van der Waals surface area contributed by atoms with Crippen molar-refractivity contribution < 1.29 is 0 Å². The Hall–Kier alpha value is -0.420. The Bertz CT molecular complexity index is 272. The first-order chi connectivity index (χ1) is 6.63. The molecule has 0 spiro atoms. The molecule has 0 aromatic carbocycles. The van der Waals surface area contributed by atoms with Crippen LogP contribution in [-0.4, -0.2) is 40.5 Å². The lowest BCUT2D eigenvalue weighted by molar-refractivity contribution is 0.370. The fourth-order valence-electron chi connectivity index (χ4n) is 1.08. The van der Waals surface area contributed by atoms with Crippen LogP contribution in [-0.2, 0) is 6.54 Å². The van der Waals surface area contributed by atoms with Gasteiger partial charge in [0.2, 0.25) is 0 Å². The Morgan fingerprint density at radius 1 is 1.57 bits per heavy atom. The zero-order valence-corrected chi connectivity index (χ0v) is 10.5. The number of alkyl halides is 1. The van der Waals surface area contributed by atoms with Crippen LogP contribution in [0.4, 0.5) is 0 Å². The Labute approximate surface area is 93.4 Å². The zero-order chi connectivity index (χ0) is 10.6. The summed E-state index contributed by atoms with van der Waals surface area (Å²) in [6, 6.07) is 0. The molecule has 0 bridgehead atoms. The molecule has 4 nitrogen and oxygen atoms in total. The second-order valence-corrected chi connectivity index (χ2v) is 4.69. The lowest BCUT2D eigenvalue weighted by Gasteiger charge is -2.07. The Kier molecular flexibility index (Phi) is 4.54. The van der Waals surface area contributed by atoms with Gasteiger partial charge < -0.3 is 4.90 Å². The van der Waals surface area contributed by atoms with E-state index in [0.717, 1.165) is 25.2 Å². The van der Waals surface area contributed by atoms with Gasteiger partial charge in [0, 0.05) is 12.7 Å². The molecule has 0 fully saturated rings. The summed E-state index contributed by atoms with van der Waals surface area (Å²) in [4.78, 5) is 2.46. The number of nitrogens with zero attached hydrogens (tertiary/aromatic N) is 4. The van der Waals surface area contributed by atoms with Crippen molar-refractivity contribution in [2.75, 3.05) is 20.6 Å². The Morgan fingerprint density at radius 3 is 2.86 bits per heavy atom. The van der Waals surface area contributed by atoms with E-state index in [1.165, 1.54) is 0 Å². The van der Waals surface area contributed by atoms with Crippen LogP contribution in [0.5, 0.6) is 0 Å². The van der Waals surface area contributed by atoms with Crippen molar-refractivity contribution in [1.29, 1.82) is 0 Å². The number of hydrogen-bond acceptors (Lipinski definition) is 3. The van der Waals surface area contributed by atoms with Gasteiger partial charge in [-0.1, -0.05) is 28.1 Å². The van der Waals surface area contributed by atoms with Crippen LogP contribution in [0, 0.1) is 0 Å². The molecule has 0 radical (unpaired) electrons. The third-order valence-corrected chi connectivity index (χ3v) is 3.13. The van der Waals surface area contributed by atoms with Gasteiger partial charge in [-0.05, 0) is 20.5 Å². The van der Waals surface area contributed by atoms with Gasteiger partial charge >= 0.3 is 0 Å². The largest absolute Gasteiger partial charge is 0.308 e. The second-order valence-electron chi connectivity index (χ2n) is 3.59. The minimum absolute atomic E-state index is 0.329. The van der Waals surface area contributed by atoms with Crippen molar-refractivity contribution in [3.05, 3.63) is 11.9 Å². The maximum atomic E-state index is 4.11. The molecular weight excluding hydrogens is 244 g/mol. The van der Waals surface area contributed by atoms with E-state index in [1.54, 1.807) is 0 Å². The van der Waals surface area contributed by atoms with Gasteiger partial charge in [0.25, 0.3) is 0 Å². The topological polar surface area (TPSA) is 34.0 Å². The summed E-state index contributed by atoms with van der Waals surface area (Å²) in [5.41, 5.74) is 1.02. The van der Waals surface area contributed by atoms with E-state index in [2.05, 4.69) is 52.2 Å². The molecule has 5 heteroatoms. The summed E-state index contributed by atoms with van der Waals surface area (Å²) >= 11 is 3.55. The van der Waals surface area contributed by atoms with Crippen LogP contribution in [0.15, 0.2) is 6.20 Å². The van der Waals surface area contributed by atoms with Gasteiger partial charge in [0.15, 0.2) is 0 Å². The highest BCUT2D eigenvalue weighted by Crippen LogP contribution is 2.23. The average Bonchev–Trinajstić information content (AvgIpc) is 2.62. The summed E-state index contributed by atoms with van der Waals surface area (Å²) in [5.74, 6) is 0. The summed E-state index contributed by atoms with van der Waals surface area (Å²) in [7, 11) is 4.11. The van der Waals surface area contributed by atoms with Crippen molar-refractivity contribution >= 4 is 15.9 Å². The highest BCUT2D eigenvalue weighted by Gasteiger charge is 2.09. The van der Waals surface area contributed by atoms with Gasteiger partial charge in [-0.2, -0.15) is 0 Å². The molecule has 0 N–H and O–H groups in total. The van der Waals surface area contributed by atoms with Gasteiger partial charge in [-0.15, -0.1) is 5.10 Å². The van der Waals surface area contributed by atoms with E-state index in [0.29, 0.717) is 4.83 Å². The third kappa shape index (κ3) is 3.38. The molecule has 0 saturated carbocycles. The predicted octanol–water partition coefficient (Wildman–Crippen LogP) is 1.69. The normalized spacial score (nSPS) is 13.5. The molecule has 0 amide bonds. The van der Waals surface area contributed by atoms with E-state index in [1.807, 2.05) is 10.9 Å². The van der Waals surface area contributed by atoms with Crippen LogP contribution < -0.4 is 0 Å². The first kappa shape index (κ1) is 11.7. The van der Waals surface area contributed by atoms with Crippen LogP contribution in [0.1, 0.15) is 23.9 Å². The molecule has 80 valence electrons. The molecule has 1 unspecified atom stereocenters. The summed E-state index contributed by atoms with van der Waals surface area (Å²) in [6.07, 6.45) is 3.04. The SMILES string of the molecule is CCC(Br)c1cn(CCN(C)C)nn1. The zero-order valence-electron chi connectivity index (χ0n) is 8.94. The van der Waals surface area contributed by atoms with Crippen molar-refractivity contribution in [1.82, 2.24) is 19.9 Å². The van der Waals surface area contributed by atoms with Crippen LogP contribution in [0.3, 0.4) is 0 Å². The molecule has 0 aliphatic rings. The minimum Gasteiger partial charge on any atom is -0.308 e. The summed E-state index contributed by atoms with van der Waals surface area (Å²) in [5, 5.41) is 8.18. The molecule has 0 saturated heterocycles. The number of likely N-dealkylation sites (N-methyl/N-ethyl adjacent to an activating group) is 1. The highest BCUT2D eigenvalue weighted by atomic mass is 79.9. The van der Waals surface area contributed by atoms with E-state index in [-0.39, 0.29) is 0 Å². The lowest BCUT2D eigenvalue weighted by atomic mass is 10.3. The number of hydrogen-bond donors (Lipinski definition) is 0. The Morgan fingerprint density at radius 2 is 2.29 bits per heavy atom. The van der Waals surface area contributed by atoms with Crippen molar-refractivity contribution in [2.24, 2.45) is 0 Å². The van der Waals surface area contributed by atoms with Gasteiger partial charge in [0.1, 0.15) is 0 Å². The van der Waals surface area contributed by atoms with E-state index >= 15 is 0 Å². The average molecular weight is 261 g/mol. The quantitative estimate of drug-likeness (QED) is 0.756. The Balaban J connectivity index is 2.50. The fourth-order valence-corrected chi connectivity index (χ4v) is 1.29. The first-order valence-corrected chi connectivity index (χ1v) is 5.74. The maximum Gasteiger partial charge on any atom is 0.0963 e. The van der Waals surface area contributed by atoms with Gasteiger partial charge in [-0.3, -0.25) is 4.68 Å². The summed E-state index contributed by atoms with van der Waals surface area (Å²) in [6.45, 7) is 4.00. The van der Waals surface area contributed by atoms with Crippen LogP contribution in [0.25, 0.3) is 0 Å².